The van der Waals surface area contributed by atoms with Crippen molar-refractivity contribution >= 4 is 17.2 Å². The average Bonchev–Trinajstić information content (AvgIpc) is 3.03. The van der Waals surface area contributed by atoms with E-state index >= 15 is 0 Å². The van der Waals surface area contributed by atoms with Crippen LogP contribution in [-0.2, 0) is 12.8 Å². The highest BCUT2D eigenvalue weighted by atomic mass is 32.1. The second-order valence-corrected chi connectivity index (χ2v) is 5.88. The Balaban J connectivity index is 1.93. The van der Waals surface area contributed by atoms with Crippen molar-refractivity contribution < 1.29 is 9.32 Å². The van der Waals surface area contributed by atoms with Gasteiger partial charge in [-0.05, 0) is 37.6 Å². The summed E-state index contributed by atoms with van der Waals surface area (Å²) in [4.78, 5) is 13.5. The molecular weight excluding hydrogens is 260 g/mol. The van der Waals surface area contributed by atoms with E-state index in [4.69, 9.17) is 4.52 Å². The van der Waals surface area contributed by atoms with Gasteiger partial charge in [-0.15, -0.1) is 11.3 Å². The molecule has 0 aliphatic heterocycles. The van der Waals surface area contributed by atoms with Crippen LogP contribution in [0.3, 0.4) is 0 Å². The maximum absolute atomic E-state index is 12.2. The molecule has 100 valence electrons. The lowest BCUT2D eigenvalue weighted by Crippen LogP contribution is -2.32. The van der Waals surface area contributed by atoms with Gasteiger partial charge >= 0.3 is 0 Å². The highest BCUT2D eigenvalue weighted by molar-refractivity contribution is 7.10. The number of hydrogen-bond acceptors (Lipinski definition) is 4. The third-order valence-corrected chi connectivity index (χ3v) is 4.57. The first kappa shape index (κ1) is 12.4. The molecule has 0 bridgehead atoms. The van der Waals surface area contributed by atoms with Crippen LogP contribution >= 0.6 is 11.3 Å². The summed E-state index contributed by atoms with van der Waals surface area (Å²) in [5.74, 6) is 0.648. The van der Waals surface area contributed by atoms with Crippen LogP contribution in [0, 0.1) is 0 Å². The first-order valence-electron chi connectivity index (χ1n) is 6.56. The van der Waals surface area contributed by atoms with Crippen molar-refractivity contribution in [1.29, 1.82) is 0 Å². The minimum Gasteiger partial charge on any atom is -0.355 e. The van der Waals surface area contributed by atoms with Crippen LogP contribution in [0.1, 0.15) is 41.2 Å². The molecule has 2 aromatic heterocycles. The van der Waals surface area contributed by atoms with Crippen LogP contribution in [-0.4, -0.2) is 17.1 Å². The zero-order valence-corrected chi connectivity index (χ0v) is 11.8. The fraction of sp³-hybridized carbons (Fsp3) is 0.429. The number of carbonyl (C=O) groups excluding carboxylic acids is 1. The van der Waals surface area contributed by atoms with Crippen molar-refractivity contribution in [2.24, 2.45) is 0 Å². The Labute approximate surface area is 115 Å². The minimum absolute atomic E-state index is 0.127. The van der Waals surface area contributed by atoms with Crippen molar-refractivity contribution in [3.05, 3.63) is 27.6 Å². The minimum atomic E-state index is -0.127. The van der Waals surface area contributed by atoms with Crippen molar-refractivity contribution in [3.8, 4) is 11.3 Å². The Morgan fingerprint density at radius 2 is 2.42 bits per heavy atom. The van der Waals surface area contributed by atoms with E-state index in [0.717, 1.165) is 36.1 Å². The first-order chi connectivity index (χ1) is 9.20. The zero-order valence-electron chi connectivity index (χ0n) is 11.0. The smallest absolute Gasteiger partial charge is 0.273 e. The Hall–Kier alpha value is -1.62. The summed E-state index contributed by atoms with van der Waals surface area (Å²) < 4.78 is 5.40. The van der Waals surface area contributed by atoms with E-state index in [0.29, 0.717) is 5.69 Å². The number of aryl methyl sites for hydroxylation is 1. The number of thiophene rings is 1. The van der Waals surface area contributed by atoms with Gasteiger partial charge in [-0.2, -0.15) is 0 Å². The van der Waals surface area contributed by atoms with Gasteiger partial charge in [0.05, 0.1) is 0 Å². The third kappa shape index (κ3) is 2.08. The van der Waals surface area contributed by atoms with Gasteiger partial charge in [-0.25, -0.2) is 0 Å². The third-order valence-electron chi connectivity index (χ3n) is 3.59. The van der Waals surface area contributed by atoms with Crippen LogP contribution in [0.2, 0.25) is 0 Å². The molecule has 0 saturated heterocycles. The normalized spacial score (nSPS) is 14.6. The lowest BCUT2D eigenvalue weighted by Gasteiger charge is -2.12. The second kappa shape index (κ2) is 4.81. The molecule has 1 aliphatic carbocycles. The van der Waals surface area contributed by atoms with Crippen molar-refractivity contribution in [2.45, 2.75) is 39.2 Å². The molecule has 0 saturated carbocycles. The molecule has 3 rings (SSSR count). The van der Waals surface area contributed by atoms with Gasteiger partial charge in [0.1, 0.15) is 0 Å². The lowest BCUT2D eigenvalue weighted by atomic mass is 9.95. The highest BCUT2D eigenvalue weighted by Crippen LogP contribution is 2.37. The molecule has 0 fully saturated rings. The topological polar surface area (TPSA) is 55.1 Å². The van der Waals surface area contributed by atoms with Gasteiger partial charge in [0.15, 0.2) is 11.5 Å². The number of rotatable bonds is 3. The molecule has 2 aromatic rings. The van der Waals surface area contributed by atoms with E-state index in [1.807, 2.05) is 19.9 Å². The molecule has 0 aromatic carbocycles. The van der Waals surface area contributed by atoms with Crippen LogP contribution in [0.25, 0.3) is 11.3 Å². The summed E-state index contributed by atoms with van der Waals surface area (Å²) in [6, 6.07) is 2.19. The molecule has 0 spiro atoms. The fourth-order valence-corrected chi connectivity index (χ4v) is 3.18. The number of fused-ring (bicyclic) bond motifs is 3. The van der Waals surface area contributed by atoms with Gasteiger partial charge in [0.2, 0.25) is 0 Å². The summed E-state index contributed by atoms with van der Waals surface area (Å²) in [5.41, 5.74) is 2.50. The van der Waals surface area contributed by atoms with Gasteiger partial charge in [0.25, 0.3) is 5.91 Å². The van der Waals surface area contributed by atoms with Crippen LogP contribution < -0.4 is 5.32 Å². The molecular formula is C14H16N2O2S. The monoisotopic (exact) mass is 276 g/mol. The number of hydrogen-bond donors (Lipinski definition) is 1. The fourth-order valence-electron chi connectivity index (χ4n) is 2.30. The Morgan fingerprint density at radius 3 is 3.21 bits per heavy atom. The number of amides is 1. The molecule has 1 N–H and O–H groups in total. The molecule has 1 atom stereocenters. The molecule has 0 unspecified atom stereocenters. The molecule has 4 nitrogen and oxygen atoms in total. The van der Waals surface area contributed by atoms with Crippen molar-refractivity contribution in [2.75, 3.05) is 0 Å². The van der Waals surface area contributed by atoms with Gasteiger partial charge in [-0.1, -0.05) is 12.1 Å². The summed E-state index contributed by atoms with van der Waals surface area (Å²) in [7, 11) is 0. The van der Waals surface area contributed by atoms with E-state index in [1.54, 1.807) is 11.3 Å². The maximum Gasteiger partial charge on any atom is 0.273 e. The van der Waals surface area contributed by atoms with E-state index in [2.05, 4.69) is 15.9 Å². The summed E-state index contributed by atoms with van der Waals surface area (Å²) >= 11 is 1.73. The Bertz CT molecular complexity index is 615. The van der Waals surface area contributed by atoms with E-state index in [1.165, 1.54) is 4.88 Å². The molecule has 1 amide bonds. The standard InChI is InChI=1S/C14H16N2O2S/c1-3-8(2)15-14(17)12-10-4-5-11-9(6-7-19-11)13(10)18-16-12/h6-8H,3-5H2,1-2H3,(H,15,17)/t8-/m1/s1. The number of carbonyl (C=O) groups is 1. The van der Waals surface area contributed by atoms with E-state index in [9.17, 15) is 4.79 Å². The van der Waals surface area contributed by atoms with Crippen LogP contribution in [0.5, 0.6) is 0 Å². The number of nitrogens with one attached hydrogen (secondary N) is 1. The predicted octanol–water partition coefficient (Wildman–Crippen LogP) is 3.03. The number of aromatic nitrogens is 1. The second-order valence-electron chi connectivity index (χ2n) is 4.88. The quantitative estimate of drug-likeness (QED) is 0.937. The highest BCUT2D eigenvalue weighted by Gasteiger charge is 2.28. The largest absolute Gasteiger partial charge is 0.355 e. The van der Waals surface area contributed by atoms with Crippen LogP contribution in [0.4, 0.5) is 0 Å². The van der Waals surface area contributed by atoms with Crippen molar-refractivity contribution in [3.63, 3.8) is 0 Å². The molecule has 19 heavy (non-hydrogen) atoms. The predicted molar refractivity (Wildman–Crippen MR) is 74.4 cm³/mol. The van der Waals surface area contributed by atoms with Crippen LogP contribution in [0.15, 0.2) is 16.0 Å². The lowest BCUT2D eigenvalue weighted by molar-refractivity contribution is 0.0929. The molecule has 1 aliphatic rings. The van der Waals surface area contributed by atoms with Gasteiger partial charge in [0, 0.05) is 22.0 Å². The summed E-state index contributed by atoms with van der Waals surface area (Å²) in [5, 5.41) is 8.98. The Kier molecular flexibility index (Phi) is 3.14. The first-order valence-corrected chi connectivity index (χ1v) is 7.44. The van der Waals surface area contributed by atoms with Gasteiger partial charge < -0.3 is 9.84 Å². The molecule has 0 radical (unpaired) electrons. The SMILES string of the molecule is CC[C@@H](C)NC(=O)c1noc2c1CCc1sccc1-2. The van der Waals surface area contributed by atoms with Crippen molar-refractivity contribution in [1.82, 2.24) is 10.5 Å². The average molecular weight is 276 g/mol. The molecule has 2 heterocycles. The summed E-state index contributed by atoms with van der Waals surface area (Å²) in [6.07, 6.45) is 2.70. The number of nitrogens with zero attached hydrogens (tertiary/aromatic N) is 1. The Morgan fingerprint density at radius 1 is 1.58 bits per heavy atom. The maximum atomic E-state index is 12.2. The van der Waals surface area contributed by atoms with Gasteiger partial charge in [-0.3, -0.25) is 4.79 Å². The zero-order chi connectivity index (χ0) is 13.4. The summed E-state index contributed by atoms with van der Waals surface area (Å²) in [6.45, 7) is 4.03. The molecule has 5 heteroatoms. The van der Waals surface area contributed by atoms with E-state index in [-0.39, 0.29) is 11.9 Å². The van der Waals surface area contributed by atoms with E-state index < -0.39 is 0 Å².